The average molecular weight is 547 g/mol. The third-order valence-corrected chi connectivity index (χ3v) is 7.96. The molecule has 1 aromatic heterocycles. The number of unbranched alkanes of at least 4 members (excludes halogenated alkanes) is 4. The Morgan fingerprint density at radius 2 is 1.61 bits per heavy atom. The topological polar surface area (TPSA) is 34.9 Å². The van der Waals surface area contributed by atoms with Crippen molar-refractivity contribution in [3.63, 3.8) is 0 Å². The first-order valence-electron chi connectivity index (χ1n) is 15.5. The van der Waals surface area contributed by atoms with E-state index in [-0.39, 0.29) is 5.78 Å². The lowest BCUT2D eigenvalue weighted by Gasteiger charge is -2.10. The largest absolute Gasteiger partial charge is 0.294 e. The predicted molar refractivity (Wildman–Crippen MR) is 174 cm³/mol. The second kappa shape index (κ2) is 15.3. The molecule has 0 unspecified atom stereocenters. The van der Waals surface area contributed by atoms with E-state index in [2.05, 4.69) is 98.7 Å². The van der Waals surface area contributed by atoms with Crippen molar-refractivity contribution in [1.82, 2.24) is 9.78 Å². The van der Waals surface area contributed by atoms with Gasteiger partial charge in [-0.1, -0.05) is 112 Å². The molecule has 2 aromatic carbocycles. The zero-order valence-electron chi connectivity index (χ0n) is 25.5. The van der Waals surface area contributed by atoms with Crippen molar-refractivity contribution in [3.8, 4) is 11.1 Å². The minimum Gasteiger partial charge on any atom is -0.294 e. The first-order valence-corrected chi connectivity index (χ1v) is 15.5. The highest BCUT2D eigenvalue weighted by atomic mass is 16.1. The number of allylic oxidation sites excluding steroid dienone is 8. The number of benzene rings is 2. The fourth-order valence-electron chi connectivity index (χ4n) is 5.38. The number of aryl methyl sites for hydroxylation is 2. The van der Waals surface area contributed by atoms with E-state index in [0.29, 0.717) is 6.42 Å². The van der Waals surface area contributed by atoms with Crippen LogP contribution in [0.5, 0.6) is 0 Å². The van der Waals surface area contributed by atoms with Crippen LogP contribution in [0.3, 0.4) is 0 Å². The molecule has 0 amide bonds. The summed E-state index contributed by atoms with van der Waals surface area (Å²) in [4.78, 5) is 13.3. The number of hydrogen-bond acceptors (Lipinski definition) is 2. The summed E-state index contributed by atoms with van der Waals surface area (Å²) in [5.41, 5.74) is 10.4. The summed E-state index contributed by atoms with van der Waals surface area (Å²) < 4.78 is 1.81. The maximum atomic E-state index is 13.3. The predicted octanol–water partition coefficient (Wildman–Crippen LogP) is 9.80. The van der Waals surface area contributed by atoms with Crippen molar-refractivity contribution in [2.75, 3.05) is 0 Å². The Hall–Kier alpha value is -3.72. The minimum atomic E-state index is 0.189. The molecule has 1 heterocycles. The Morgan fingerprint density at radius 1 is 0.878 bits per heavy atom. The van der Waals surface area contributed by atoms with Gasteiger partial charge in [0.25, 0.3) is 0 Å². The van der Waals surface area contributed by atoms with E-state index in [1.165, 1.54) is 60.8 Å². The number of rotatable bonds is 14. The van der Waals surface area contributed by atoms with Crippen LogP contribution in [-0.4, -0.2) is 15.6 Å². The number of aromatic nitrogens is 2. The van der Waals surface area contributed by atoms with Crippen LogP contribution in [0, 0.1) is 0 Å². The van der Waals surface area contributed by atoms with Crippen LogP contribution in [0.15, 0.2) is 102 Å². The van der Waals surface area contributed by atoms with E-state index < -0.39 is 0 Å². The van der Waals surface area contributed by atoms with Crippen molar-refractivity contribution in [3.05, 3.63) is 119 Å². The lowest BCUT2D eigenvalue weighted by Crippen LogP contribution is -2.02. The Labute approximate surface area is 247 Å². The monoisotopic (exact) mass is 546 g/mol. The molecule has 0 saturated carbocycles. The molecule has 0 atom stereocenters. The van der Waals surface area contributed by atoms with E-state index in [1.54, 1.807) is 4.68 Å². The summed E-state index contributed by atoms with van der Waals surface area (Å²) in [7, 11) is 1.92. The summed E-state index contributed by atoms with van der Waals surface area (Å²) >= 11 is 0. The second-order valence-corrected chi connectivity index (χ2v) is 11.4. The van der Waals surface area contributed by atoms with Crippen LogP contribution in [0.25, 0.3) is 16.7 Å². The third kappa shape index (κ3) is 8.88. The van der Waals surface area contributed by atoms with Gasteiger partial charge < -0.3 is 0 Å². The van der Waals surface area contributed by atoms with Crippen molar-refractivity contribution < 1.29 is 4.79 Å². The molecule has 0 N–H and O–H groups in total. The number of hydrogen-bond donors (Lipinski definition) is 0. The van der Waals surface area contributed by atoms with Gasteiger partial charge in [-0.3, -0.25) is 9.48 Å². The van der Waals surface area contributed by atoms with Gasteiger partial charge in [0.2, 0.25) is 0 Å². The van der Waals surface area contributed by atoms with Crippen LogP contribution in [0.1, 0.15) is 88.8 Å². The molecule has 0 spiro atoms. The molecular weight excluding hydrogens is 500 g/mol. The summed E-state index contributed by atoms with van der Waals surface area (Å²) in [5.74, 6) is 0.189. The summed E-state index contributed by atoms with van der Waals surface area (Å²) in [6.07, 6.45) is 23.8. The van der Waals surface area contributed by atoms with Crippen LogP contribution >= 0.6 is 0 Å². The lowest BCUT2D eigenvalue weighted by atomic mass is 9.93. The highest BCUT2D eigenvalue weighted by Crippen LogP contribution is 2.28. The fourth-order valence-corrected chi connectivity index (χ4v) is 5.38. The Bertz CT molecular complexity index is 1410. The summed E-state index contributed by atoms with van der Waals surface area (Å²) in [5, 5.41) is 4.28. The lowest BCUT2D eigenvalue weighted by molar-refractivity contribution is -0.113. The third-order valence-electron chi connectivity index (χ3n) is 7.96. The maximum absolute atomic E-state index is 13.3. The number of Topliss-reactive ketones (excluding diaryl/α,β-unsaturated/α-hetero) is 1. The molecule has 3 nitrogen and oxygen atoms in total. The number of nitrogens with zero attached hydrogens (tertiary/aromatic N) is 2. The summed E-state index contributed by atoms with van der Waals surface area (Å²) in [6, 6.07) is 17.5. The number of carbonyl (C=O) groups is 1. The molecule has 1 aliphatic carbocycles. The van der Waals surface area contributed by atoms with Gasteiger partial charge in [0.1, 0.15) is 0 Å². The first kappa shape index (κ1) is 30.2. The second-order valence-electron chi connectivity index (χ2n) is 11.4. The SMILES string of the molecule is CCCCCCCc1ccc(CC2=CC=C(/C=C(\C(=O)CCC)c3ccc(-c4cnn(C)c4)cc3)C(C)=CC2)cc1. The van der Waals surface area contributed by atoms with Crippen LogP contribution in [0.4, 0.5) is 0 Å². The molecule has 0 saturated heterocycles. The highest BCUT2D eigenvalue weighted by Gasteiger charge is 2.14. The van der Waals surface area contributed by atoms with Crippen molar-refractivity contribution in [1.29, 1.82) is 0 Å². The molecule has 0 radical (unpaired) electrons. The van der Waals surface area contributed by atoms with Crippen LogP contribution in [-0.2, 0) is 24.7 Å². The molecule has 0 aliphatic heterocycles. The van der Waals surface area contributed by atoms with Gasteiger partial charge in [0, 0.05) is 30.8 Å². The average Bonchev–Trinajstić information content (AvgIpc) is 3.34. The van der Waals surface area contributed by atoms with Gasteiger partial charge in [0.05, 0.1) is 6.20 Å². The van der Waals surface area contributed by atoms with Crippen molar-refractivity contribution >= 4 is 11.4 Å². The smallest absolute Gasteiger partial charge is 0.163 e. The van der Waals surface area contributed by atoms with E-state index in [1.807, 2.05) is 19.4 Å². The number of carbonyl (C=O) groups excluding carboxylic acids is 1. The van der Waals surface area contributed by atoms with E-state index in [0.717, 1.165) is 47.1 Å². The van der Waals surface area contributed by atoms with E-state index in [9.17, 15) is 4.79 Å². The molecule has 4 rings (SSSR count). The Kier molecular flexibility index (Phi) is 11.3. The quantitative estimate of drug-likeness (QED) is 0.149. The van der Waals surface area contributed by atoms with Gasteiger partial charge in [0.15, 0.2) is 5.78 Å². The molecule has 1 aliphatic rings. The van der Waals surface area contributed by atoms with Gasteiger partial charge >= 0.3 is 0 Å². The van der Waals surface area contributed by atoms with E-state index in [4.69, 9.17) is 0 Å². The molecule has 214 valence electrons. The molecule has 3 heteroatoms. The Balaban J connectivity index is 1.49. The Morgan fingerprint density at radius 3 is 2.29 bits per heavy atom. The highest BCUT2D eigenvalue weighted by molar-refractivity contribution is 6.21. The fraction of sp³-hybridized carbons (Fsp3) is 0.368. The molecule has 0 bridgehead atoms. The number of ketones is 1. The van der Waals surface area contributed by atoms with Gasteiger partial charge in [-0.15, -0.1) is 0 Å². The zero-order chi connectivity index (χ0) is 29.0. The van der Waals surface area contributed by atoms with E-state index >= 15 is 0 Å². The van der Waals surface area contributed by atoms with Crippen LogP contribution in [0.2, 0.25) is 0 Å². The normalized spacial score (nSPS) is 13.9. The van der Waals surface area contributed by atoms with Crippen LogP contribution < -0.4 is 0 Å². The standard InChI is InChI=1S/C38H46N2O/c1-5-7-8-9-10-12-30-15-17-32(18-16-30)25-31-14-13-29(3)35(20-19-31)26-37(38(41)11-6-2)34-23-21-33(22-24-34)36-27-39-40(4)28-36/h13,15-24,26-28H,5-12,14,25H2,1-4H3/b37-26-. The molecule has 41 heavy (non-hydrogen) atoms. The summed E-state index contributed by atoms with van der Waals surface area (Å²) in [6.45, 7) is 6.48. The van der Waals surface area contributed by atoms with Crippen molar-refractivity contribution in [2.24, 2.45) is 7.05 Å². The minimum absolute atomic E-state index is 0.189. The first-order chi connectivity index (χ1) is 20.0. The van der Waals surface area contributed by atoms with Gasteiger partial charge in [-0.05, 0) is 78.5 Å². The molecule has 3 aromatic rings. The maximum Gasteiger partial charge on any atom is 0.163 e. The zero-order valence-corrected chi connectivity index (χ0v) is 25.5. The van der Waals surface area contributed by atoms with Crippen molar-refractivity contribution in [2.45, 2.75) is 85.0 Å². The van der Waals surface area contributed by atoms with Gasteiger partial charge in [-0.25, -0.2) is 0 Å². The molecule has 0 fully saturated rings. The molecular formula is C38H46N2O. The van der Waals surface area contributed by atoms with Gasteiger partial charge in [-0.2, -0.15) is 5.10 Å².